The molecule has 0 saturated heterocycles. The lowest BCUT2D eigenvalue weighted by Crippen LogP contribution is -2.28. The van der Waals surface area contributed by atoms with Crippen LogP contribution in [0.25, 0.3) is 0 Å². The Morgan fingerprint density at radius 1 is 1.38 bits per heavy atom. The second-order valence-electron chi connectivity index (χ2n) is 3.90. The molecule has 0 atom stereocenters. The van der Waals surface area contributed by atoms with Crippen molar-refractivity contribution in [3.05, 3.63) is 36.0 Å². The maximum Gasteiger partial charge on any atom is 0.0239 e. The molecule has 0 unspecified atom stereocenters. The van der Waals surface area contributed by atoms with Crippen LogP contribution in [0.2, 0.25) is 0 Å². The first-order valence-electron chi connectivity index (χ1n) is 4.87. The number of hydrogen-bond donors (Lipinski definition) is 0. The molecule has 0 spiro atoms. The lowest BCUT2D eigenvalue weighted by Gasteiger charge is -2.20. The number of nitrogens with zero attached hydrogens (tertiary/aromatic N) is 1. The summed E-state index contributed by atoms with van der Waals surface area (Å²) in [6, 6.07) is 0.643. The summed E-state index contributed by atoms with van der Waals surface area (Å²) in [5, 5.41) is 0. The lowest BCUT2D eigenvalue weighted by molar-refractivity contribution is 0.282. The molecule has 72 valence electrons. The van der Waals surface area contributed by atoms with Crippen molar-refractivity contribution in [2.75, 3.05) is 13.1 Å². The summed E-state index contributed by atoms with van der Waals surface area (Å²) < 4.78 is 0. The van der Waals surface area contributed by atoms with Gasteiger partial charge in [0.1, 0.15) is 0 Å². The van der Waals surface area contributed by atoms with E-state index in [1.807, 2.05) is 12.2 Å². The zero-order chi connectivity index (χ0) is 9.84. The summed E-state index contributed by atoms with van der Waals surface area (Å²) in [7, 11) is 0. The Labute approximate surface area is 81.4 Å². The first-order chi connectivity index (χ1) is 6.15. The smallest absolute Gasteiger partial charge is 0.0239 e. The first kappa shape index (κ1) is 10.3. The summed E-state index contributed by atoms with van der Waals surface area (Å²) in [5.41, 5.74) is 2.94. The van der Waals surface area contributed by atoms with Gasteiger partial charge in [0.15, 0.2) is 0 Å². The van der Waals surface area contributed by atoms with Crippen LogP contribution in [0.15, 0.2) is 36.0 Å². The molecule has 1 nitrogen and oxygen atoms in total. The van der Waals surface area contributed by atoms with Crippen LogP contribution in [0.1, 0.15) is 20.8 Å². The zero-order valence-corrected chi connectivity index (χ0v) is 8.88. The molecule has 0 saturated carbocycles. The van der Waals surface area contributed by atoms with Gasteiger partial charge < -0.3 is 0 Å². The zero-order valence-electron chi connectivity index (χ0n) is 8.88. The Kier molecular flexibility index (Phi) is 3.49. The van der Waals surface area contributed by atoms with Crippen LogP contribution in [0, 0.1) is 0 Å². The van der Waals surface area contributed by atoms with Gasteiger partial charge in [-0.2, -0.15) is 0 Å². The Bertz CT molecular complexity index is 246. The van der Waals surface area contributed by atoms with E-state index in [-0.39, 0.29) is 0 Å². The molecule has 0 bridgehead atoms. The summed E-state index contributed by atoms with van der Waals surface area (Å²) in [4.78, 5) is 2.47. The fourth-order valence-corrected chi connectivity index (χ4v) is 1.56. The number of allylic oxidation sites excluding steroid dienone is 2. The van der Waals surface area contributed by atoms with Crippen LogP contribution >= 0.6 is 0 Å². The molecule has 1 heteroatoms. The van der Waals surface area contributed by atoms with E-state index in [0.29, 0.717) is 6.04 Å². The molecular formula is C12H19N. The van der Waals surface area contributed by atoms with Crippen LogP contribution in [-0.2, 0) is 0 Å². The predicted octanol–water partition coefficient (Wildman–Crippen LogP) is 2.77. The molecule has 0 amide bonds. The van der Waals surface area contributed by atoms with E-state index in [1.54, 1.807) is 0 Å². The highest BCUT2D eigenvalue weighted by Gasteiger charge is 2.18. The predicted molar refractivity (Wildman–Crippen MR) is 58.7 cm³/mol. The molecule has 0 aromatic rings. The van der Waals surface area contributed by atoms with Crippen molar-refractivity contribution in [2.45, 2.75) is 26.8 Å². The van der Waals surface area contributed by atoms with E-state index in [1.165, 1.54) is 11.1 Å². The van der Waals surface area contributed by atoms with Crippen molar-refractivity contribution in [1.82, 2.24) is 4.90 Å². The van der Waals surface area contributed by atoms with Gasteiger partial charge >= 0.3 is 0 Å². The molecule has 0 aromatic heterocycles. The fourth-order valence-electron chi connectivity index (χ4n) is 1.56. The molecule has 1 rings (SSSR count). The van der Waals surface area contributed by atoms with Gasteiger partial charge in [0.2, 0.25) is 0 Å². The molecule has 1 aliphatic rings. The van der Waals surface area contributed by atoms with Gasteiger partial charge in [-0.05, 0) is 26.3 Å². The van der Waals surface area contributed by atoms with Crippen LogP contribution < -0.4 is 0 Å². The van der Waals surface area contributed by atoms with Gasteiger partial charge in [0, 0.05) is 19.1 Å². The van der Waals surface area contributed by atoms with Crippen LogP contribution in [-0.4, -0.2) is 24.0 Å². The largest absolute Gasteiger partial charge is 0.293 e. The van der Waals surface area contributed by atoms with Crippen molar-refractivity contribution in [1.29, 1.82) is 0 Å². The summed E-state index contributed by atoms with van der Waals surface area (Å²) >= 11 is 0. The second kappa shape index (κ2) is 4.43. The summed E-state index contributed by atoms with van der Waals surface area (Å²) in [5.74, 6) is 0. The van der Waals surface area contributed by atoms with Gasteiger partial charge in [-0.1, -0.05) is 30.4 Å². The normalized spacial score (nSPS) is 19.4. The topological polar surface area (TPSA) is 3.24 Å². The highest BCUT2D eigenvalue weighted by atomic mass is 15.2. The Morgan fingerprint density at radius 2 is 2.08 bits per heavy atom. The van der Waals surface area contributed by atoms with Crippen molar-refractivity contribution in [3.8, 4) is 0 Å². The minimum atomic E-state index is 0.643. The highest BCUT2D eigenvalue weighted by molar-refractivity contribution is 5.32. The minimum absolute atomic E-state index is 0.643. The first-order valence-corrected chi connectivity index (χ1v) is 4.87. The molecule has 0 N–H and O–H groups in total. The number of rotatable bonds is 3. The average Bonchev–Trinajstić information content (AvgIpc) is 2.44. The SMILES string of the molecule is C=C/C=C\C1=C(C)CN(C(C)C)C1. The molecular weight excluding hydrogens is 158 g/mol. The molecule has 0 aliphatic carbocycles. The summed E-state index contributed by atoms with van der Waals surface area (Å²) in [6.45, 7) is 12.6. The highest BCUT2D eigenvalue weighted by Crippen LogP contribution is 2.19. The average molecular weight is 177 g/mol. The van der Waals surface area contributed by atoms with E-state index in [9.17, 15) is 0 Å². The van der Waals surface area contributed by atoms with Crippen molar-refractivity contribution in [3.63, 3.8) is 0 Å². The van der Waals surface area contributed by atoms with Crippen LogP contribution in [0.4, 0.5) is 0 Å². The maximum absolute atomic E-state index is 3.68. The second-order valence-corrected chi connectivity index (χ2v) is 3.90. The van der Waals surface area contributed by atoms with Crippen molar-refractivity contribution in [2.24, 2.45) is 0 Å². The minimum Gasteiger partial charge on any atom is -0.293 e. The van der Waals surface area contributed by atoms with E-state index >= 15 is 0 Å². The Balaban J connectivity index is 2.62. The maximum atomic E-state index is 3.68. The van der Waals surface area contributed by atoms with Gasteiger partial charge in [0.25, 0.3) is 0 Å². The number of hydrogen-bond acceptors (Lipinski definition) is 1. The van der Waals surface area contributed by atoms with Crippen molar-refractivity contribution < 1.29 is 0 Å². The third-order valence-corrected chi connectivity index (χ3v) is 2.53. The molecule has 1 heterocycles. The van der Waals surface area contributed by atoms with E-state index < -0.39 is 0 Å². The van der Waals surface area contributed by atoms with E-state index in [4.69, 9.17) is 0 Å². The third kappa shape index (κ3) is 2.56. The third-order valence-electron chi connectivity index (χ3n) is 2.53. The molecule has 1 aliphatic heterocycles. The van der Waals surface area contributed by atoms with Crippen LogP contribution in [0.5, 0.6) is 0 Å². The summed E-state index contributed by atoms with van der Waals surface area (Å²) in [6.07, 6.45) is 6.02. The van der Waals surface area contributed by atoms with Gasteiger partial charge in [-0.25, -0.2) is 0 Å². The quantitative estimate of drug-likeness (QED) is 0.599. The molecule has 0 radical (unpaired) electrons. The Morgan fingerprint density at radius 3 is 2.54 bits per heavy atom. The van der Waals surface area contributed by atoms with E-state index in [2.05, 4.69) is 38.3 Å². The van der Waals surface area contributed by atoms with Crippen molar-refractivity contribution >= 4 is 0 Å². The lowest BCUT2D eigenvalue weighted by atomic mass is 10.2. The van der Waals surface area contributed by atoms with Gasteiger partial charge in [-0.15, -0.1) is 0 Å². The van der Waals surface area contributed by atoms with Crippen LogP contribution in [0.3, 0.4) is 0 Å². The standard InChI is InChI=1S/C12H19N/c1-5-6-7-12-9-13(10(2)3)8-11(12)4/h5-7,10H,1,8-9H2,2-4H3/b7-6-. The molecule has 0 fully saturated rings. The fraction of sp³-hybridized carbons (Fsp3) is 0.500. The molecule has 13 heavy (non-hydrogen) atoms. The van der Waals surface area contributed by atoms with Gasteiger partial charge in [-0.3, -0.25) is 4.90 Å². The Hall–Kier alpha value is -0.820. The monoisotopic (exact) mass is 177 g/mol. The van der Waals surface area contributed by atoms with Gasteiger partial charge in [0.05, 0.1) is 0 Å². The van der Waals surface area contributed by atoms with E-state index in [0.717, 1.165) is 13.1 Å². The molecule has 0 aromatic carbocycles.